The Morgan fingerprint density at radius 3 is 2.71 bits per heavy atom. The van der Waals surface area contributed by atoms with Crippen molar-refractivity contribution in [3.63, 3.8) is 0 Å². The molecule has 186 valence electrons. The van der Waals surface area contributed by atoms with Crippen LogP contribution in [-0.2, 0) is 16.6 Å². The summed E-state index contributed by atoms with van der Waals surface area (Å²) in [7, 11) is -2.63. The fourth-order valence-corrected chi connectivity index (χ4v) is 9.40. The molecule has 8 rings (SSSR count). The lowest BCUT2D eigenvalue weighted by Gasteiger charge is -2.75. The average Bonchev–Trinajstić information content (AvgIpc) is 3.52. The summed E-state index contributed by atoms with van der Waals surface area (Å²) in [6, 6.07) is 4.10. The summed E-state index contributed by atoms with van der Waals surface area (Å²) in [5, 5.41) is 23.3. The fraction of sp³-hybridized carbons (Fsp3) is 0.793. The molecule has 0 radical (unpaired) electrons. The van der Waals surface area contributed by atoms with Crippen LogP contribution >= 0.6 is 0 Å². The highest BCUT2D eigenvalue weighted by molar-refractivity contribution is 5.63. The van der Waals surface area contributed by atoms with E-state index in [1.807, 2.05) is 27.7 Å². The summed E-state index contributed by atoms with van der Waals surface area (Å²) in [5.41, 5.74) is -1.14. The highest BCUT2D eigenvalue weighted by Crippen LogP contribution is 2.78. The Bertz CT molecular complexity index is 1160. The molecule has 0 unspecified atom stereocenters. The van der Waals surface area contributed by atoms with Gasteiger partial charge in [0.2, 0.25) is 0 Å². The maximum atomic E-state index is 12.3. The van der Waals surface area contributed by atoms with Crippen molar-refractivity contribution in [1.29, 1.82) is 0 Å². The van der Waals surface area contributed by atoms with E-state index in [1.54, 1.807) is 6.07 Å². The van der Waals surface area contributed by atoms with E-state index in [2.05, 4.69) is 11.0 Å². The van der Waals surface area contributed by atoms with E-state index in [1.165, 1.54) is 18.4 Å². The van der Waals surface area contributed by atoms with E-state index in [4.69, 9.17) is 13.6 Å². The molecule has 0 amide bonds. The molecule has 5 nitrogen and oxygen atoms in total. The second-order valence-electron chi connectivity index (χ2n) is 13.7. The Morgan fingerprint density at radius 1 is 1.21 bits per heavy atom. The van der Waals surface area contributed by atoms with Crippen LogP contribution < -0.4 is 4.74 Å². The van der Waals surface area contributed by atoms with Gasteiger partial charge in [-0.25, -0.2) is 0 Å². The molecule has 5 fully saturated rings. The Labute approximate surface area is 208 Å². The van der Waals surface area contributed by atoms with Crippen LogP contribution in [0.25, 0.3) is 0 Å². The number of phenols is 1. The van der Waals surface area contributed by atoms with Crippen molar-refractivity contribution in [2.75, 3.05) is 20.1 Å². The maximum Gasteiger partial charge on any atom is 0.165 e. The fourth-order valence-electron chi connectivity index (χ4n) is 9.40. The van der Waals surface area contributed by atoms with Crippen molar-refractivity contribution in [2.45, 2.75) is 101 Å². The third kappa shape index (κ3) is 2.25. The van der Waals surface area contributed by atoms with Crippen LogP contribution in [0.1, 0.15) is 81.5 Å². The van der Waals surface area contributed by atoms with Gasteiger partial charge in [-0.05, 0) is 81.4 Å². The number of piperidine rings is 1. The molecule has 34 heavy (non-hydrogen) atoms. The molecule has 2 aliphatic heterocycles. The van der Waals surface area contributed by atoms with E-state index in [0.29, 0.717) is 24.6 Å². The van der Waals surface area contributed by atoms with Crippen LogP contribution in [0.5, 0.6) is 11.5 Å². The Hall–Kier alpha value is -1.30. The minimum Gasteiger partial charge on any atom is -0.504 e. The average molecular weight is 471 g/mol. The standard InChI is InChI=1S/C29H41NO4/c1-25(2,3)26(4,32)20-15-27-10-11-29(20,33-5)24-28(27)12-13-30(16-17-6-7-17)21(27)14-18-8-9-19(31)23(34-24)22(18)28/h8-9,17,20-21,24,31-32H,6-7,10-16H2,1-5H3/t20-,21-,24-,26+,27-,28+,29-/m1/s1/i5D3. The number of hydrogen-bond acceptors (Lipinski definition) is 5. The zero-order valence-electron chi connectivity index (χ0n) is 24.0. The molecular formula is C29H41NO4. The van der Waals surface area contributed by atoms with Gasteiger partial charge in [-0.2, -0.15) is 0 Å². The second kappa shape index (κ2) is 6.33. The molecule has 7 atom stereocenters. The van der Waals surface area contributed by atoms with Gasteiger partial charge in [0, 0.05) is 41.9 Å². The van der Waals surface area contributed by atoms with Gasteiger partial charge in [0.25, 0.3) is 0 Å². The van der Waals surface area contributed by atoms with Crippen LogP contribution in [0, 0.1) is 22.7 Å². The quantitative estimate of drug-likeness (QED) is 0.682. The first-order chi connectivity index (χ1) is 17.2. The van der Waals surface area contributed by atoms with Crippen LogP contribution in [0.15, 0.2) is 12.1 Å². The molecule has 4 bridgehead atoms. The number of hydrogen-bond donors (Lipinski definition) is 2. The number of benzene rings is 1. The monoisotopic (exact) mass is 470 g/mol. The number of nitrogens with zero attached hydrogens (tertiary/aromatic N) is 1. The van der Waals surface area contributed by atoms with Crippen LogP contribution in [0.3, 0.4) is 0 Å². The third-order valence-corrected chi connectivity index (χ3v) is 11.7. The van der Waals surface area contributed by atoms with Gasteiger partial charge < -0.3 is 19.7 Å². The largest absolute Gasteiger partial charge is 0.504 e. The van der Waals surface area contributed by atoms with Crippen LogP contribution in [0.4, 0.5) is 0 Å². The molecule has 0 aromatic heterocycles. The first kappa shape index (κ1) is 18.9. The van der Waals surface area contributed by atoms with Crippen molar-refractivity contribution in [3.05, 3.63) is 23.3 Å². The summed E-state index contributed by atoms with van der Waals surface area (Å²) in [4.78, 5) is 2.72. The van der Waals surface area contributed by atoms with E-state index >= 15 is 0 Å². The molecule has 2 heterocycles. The second-order valence-corrected chi connectivity index (χ2v) is 13.7. The summed E-state index contributed by atoms with van der Waals surface area (Å²) >= 11 is 0. The van der Waals surface area contributed by atoms with Gasteiger partial charge in [-0.15, -0.1) is 0 Å². The minimum atomic E-state index is -2.63. The number of methoxy groups -OCH3 is 1. The van der Waals surface area contributed by atoms with Crippen molar-refractivity contribution >= 4 is 0 Å². The lowest BCUT2D eigenvalue weighted by atomic mass is 9.33. The molecule has 2 N–H and O–H groups in total. The smallest absolute Gasteiger partial charge is 0.165 e. The number of phenolic OH excluding ortho intramolecular Hbond substituents is 1. The minimum absolute atomic E-state index is 0.124. The lowest BCUT2D eigenvalue weighted by Crippen LogP contribution is -2.83. The molecule has 5 heteroatoms. The molecule has 1 aromatic rings. The molecule has 1 saturated heterocycles. The van der Waals surface area contributed by atoms with E-state index in [-0.39, 0.29) is 11.2 Å². The van der Waals surface area contributed by atoms with Crippen molar-refractivity contribution in [1.82, 2.24) is 4.90 Å². The number of aromatic hydroxyl groups is 1. The van der Waals surface area contributed by atoms with Gasteiger partial charge in [-0.1, -0.05) is 26.8 Å². The van der Waals surface area contributed by atoms with Gasteiger partial charge in [0.05, 0.1) is 9.71 Å². The molecule has 5 aliphatic carbocycles. The summed E-state index contributed by atoms with van der Waals surface area (Å²) in [6.07, 6.45) is 5.90. The number of ether oxygens (including phenoxy) is 2. The van der Waals surface area contributed by atoms with Gasteiger partial charge >= 0.3 is 0 Å². The maximum absolute atomic E-state index is 12.3. The van der Waals surface area contributed by atoms with Crippen molar-refractivity contribution < 1.29 is 23.8 Å². The highest BCUT2D eigenvalue weighted by atomic mass is 16.6. The Morgan fingerprint density at radius 2 is 2.00 bits per heavy atom. The SMILES string of the molecule is [2H]C([2H])([2H])O[C@]12CC[C@@]3(C[C@@H]1[C@](C)(O)C(C)(C)C)[C@H]1Cc4ccc(O)c5c4[C@@]3(CCN1CC1CC1)[C@H]2O5. The lowest BCUT2D eigenvalue weighted by molar-refractivity contribution is -0.312. The molecule has 1 aromatic carbocycles. The first-order valence-electron chi connectivity index (χ1n) is 14.8. The van der Waals surface area contributed by atoms with Gasteiger partial charge in [0.1, 0.15) is 11.7 Å². The Balaban J connectivity index is 1.48. The van der Waals surface area contributed by atoms with Crippen molar-refractivity contribution in [3.8, 4) is 11.5 Å². The molecule has 4 saturated carbocycles. The van der Waals surface area contributed by atoms with E-state index in [0.717, 1.165) is 43.8 Å². The predicted octanol–water partition coefficient (Wildman–Crippen LogP) is 4.41. The zero-order valence-corrected chi connectivity index (χ0v) is 21.0. The zero-order chi connectivity index (χ0) is 26.4. The normalized spacial score (nSPS) is 45.6. The highest BCUT2D eigenvalue weighted by Gasteiger charge is 2.82. The summed E-state index contributed by atoms with van der Waals surface area (Å²) in [6.45, 7) is 10.0. The molecule has 2 spiro atoms. The molecule has 7 aliphatic rings. The van der Waals surface area contributed by atoms with Crippen LogP contribution in [0.2, 0.25) is 0 Å². The summed E-state index contributed by atoms with van der Waals surface area (Å²) in [5.74, 6) is 1.00. The molecular weight excluding hydrogens is 426 g/mol. The van der Waals surface area contributed by atoms with E-state index in [9.17, 15) is 10.2 Å². The van der Waals surface area contributed by atoms with Crippen LogP contribution in [-0.4, -0.2) is 58.6 Å². The summed E-state index contributed by atoms with van der Waals surface area (Å²) < 4.78 is 37.7. The Kier molecular flexibility index (Phi) is 3.52. The first-order valence-corrected chi connectivity index (χ1v) is 13.3. The van der Waals surface area contributed by atoms with E-state index < -0.39 is 41.1 Å². The number of fused-ring (bicyclic) bond motifs is 2. The number of rotatable bonds is 4. The number of aliphatic hydroxyl groups is 1. The topological polar surface area (TPSA) is 62.2 Å². The predicted molar refractivity (Wildman–Crippen MR) is 130 cm³/mol. The third-order valence-electron chi connectivity index (χ3n) is 11.7. The van der Waals surface area contributed by atoms with Gasteiger partial charge in [0.15, 0.2) is 11.5 Å². The number of likely N-dealkylation sites (tertiary alicyclic amines) is 1. The van der Waals surface area contributed by atoms with Crippen molar-refractivity contribution in [2.24, 2.45) is 22.7 Å². The van der Waals surface area contributed by atoms with Gasteiger partial charge in [-0.3, -0.25) is 4.90 Å².